The van der Waals surface area contributed by atoms with Gasteiger partial charge >= 0.3 is 0 Å². The fourth-order valence-corrected chi connectivity index (χ4v) is 2.12. The predicted octanol–water partition coefficient (Wildman–Crippen LogP) is 3.87. The van der Waals surface area contributed by atoms with Gasteiger partial charge in [0.25, 0.3) is 0 Å². The number of hydrogen-bond acceptors (Lipinski definition) is 1. The molecule has 13 heavy (non-hydrogen) atoms. The maximum Gasteiger partial charge on any atom is 0.192 e. The van der Waals surface area contributed by atoms with Crippen LogP contribution in [0, 0.1) is 20.8 Å². The van der Waals surface area contributed by atoms with Gasteiger partial charge < -0.3 is 0 Å². The summed E-state index contributed by atoms with van der Waals surface area (Å²) in [5, 5.41) is 0.662. The summed E-state index contributed by atoms with van der Waals surface area (Å²) in [6.45, 7) is 9.87. The predicted molar refractivity (Wildman–Crippen MR) is 57.3 cm³/mol. The van der Waals surface area contributed by atoms with Crippen molar-refractivity contribution in [3.8, 4) is 0 Å². The topological polar surface area (TPSA) is 17.1 Å². The van der Waals surface area contributed by atoms with Crippen molar-refractivity contribution in [2.75, 3.05) is 0 Å². The Morgan fingerprint density at radius 3 is 2.08 bits per heavy atom. The van der Waals surface area contributed by atoms with E-state index in [4.69, 9.17) is 0 Å². The summed E-state index contributed by atoms with van der Waals surface area (Å²) in [5.41, 5.74) is 4.55. The Morgan fingerprint density at radius 2 is 1.69 bits per heavy atom. The van der Waals surface area contributed by atoms with Gasteiger partial charge in [-0.3, -0.25) is 4.57 Å². The second-order valence-corrected chi connectivity index (χ2v) is 4.03. The molecule has 0 aliphatic heterocycles. The standard InChI is InChI=1S/C11H13OP/c1-7-5-8(2)11(9(3)6-7)10(4)13-12/h5-6H,4H2,1-3H3. The van der Waals surface area contributed by atoms with Crippen LogP contribution in [-0.4, -0.2) is 0 Å². The average molecular weight is 192 g/mol. The minimum atomic E-state index is 0.0109. The maximum atomic E-state index is 10.7. The molecule has 68 valence electrons. The molecular formula is C11H13OP. The Hall–Kier alpha value is -0.940. The van der Waals surface area contributed by atoms with E-state index < -0.39 is 0 Å². The minimum Gasteiger partial charge on any atom is -0.269 e. The van der Waals surface area contributed by atoms with Gasteiger partial charge in [-0.2, -0.15) is 0 Å². The van der Waals surface area contributed by atoms with Crippen molar-refractivity contribution >= 4 is 13.8 Å². The SMILES string of the molecule is C=C(P=O)c1c(C)cc(C)cc1C. The van der Waals surface area contributed by atoms with E-state index in [0.717, 1.165) is 16.7 Å². The highest BCUT2D eigenvalue weighted by Crippen LogP contribution is 2.29. The highest BCUT2D eigenvalue weighted by molar-refractivity contribution is 7.37. The van der Waals surface area contributed by atoms with E-state index in [1.807, 2.05) is 13.8 Å². The molecular weight excluding hydrogens is 179 g/mol. The molecule has 0 saturated carbocycles. The van der Waals surface area contributed by atoms with Crippen molar-refractivity contribution in [2.45, 2.75) is 20.8 Å². The van der Waals surface area contributed by atoms with E-state index in [-0.39, 0.29) is 8.46 Å². The normalized spacial score (nSPS) is 10.4. The molecule has 1 aromatic rings. The first kappa shape index (κ1) is 10.1. The first-order valence-corrected chi connectivity index (χ1v) is 4.98. The molecule has 0 heterocycles. The first-order chi connectivity index (χ1) is 6.06. The monoisotopic (exact) mass is 192 g/mol. The van der Waals surface area contributed by atoms with Crippen LogP contribution in [0.4, 0.5) is 0 Å². The largest absolute Gasteiger partial charge is 0.269 e. The Bertz CT molecular complexity index is 343. The highest BCUT2D eigenvalue weighted by atomic mass is 31.1. The van der Waals surface area contributed by atoms with Crippen molar-refractivity contribution in [1.82, 2.24) is 0 Å². The lowest BCUT2D eigenvalue weighted by Gasteiger charge is -2.08. The average Bonchev–Trinajstić information content (AvgIpc) is 2.02. The van der Waals surface area contributed by atoms with E-state index in [1.54, 1.807) is 0 Å². The molecule has 0 unspecified atom stereocenters. The third kappa shape index (κ3) is 2.05. The summed E-state index contributed by atoms with van der Waals surface area (Å²) in [6, 6.07) is 4.16. The van der Waals surface area contributed by atoms with Crippen molar-refractivity contribution in [1.29, 1.82) is 0 Å². The lowest BCUT2D eigenvalue weighted by Crippen LogP contribution is -1.90. The third-order valence-electron chi connectivity index (χ3n) is 2.08. The van der Waals surface area contributed by atoms with Crippen LogP contribution < -0.4 is 0 Å². The van der Waals surface area contributed by atoms with Crippen LogP contribution in [0.25, 0.3) is 5.31 Å². The molecule has 2 heteroatoms. The summed E-state index contributed by atoms with van der Waals surface area (Å²) in [6.07, 6.45) is 0. The molecule has 0 aliphatic carbocycles. The van der Waals surface area contributed by atoms with Crippen LogP contribution in [-0.2, 0) is 4.57 Å². The summed E-state index contributed by atoms with van der Waals surface area (Å²) in [4.78, 5) is 0. The fraction of sp³-hybridized carbons (Fsp3) is 0.273. The summed E-state index contributed by atoms with van der Waals surface area (Å²) < 4.78 is 10.7. The van der Waals surface area contributed by atoms with Gasteiger partial charge in [-0.1, -0.05) is 24.3 Å². The molecule has 0 spiro atoms. The molecule has 0 aliphatic rings. The Balaban J connectivity index is 3.36. The second-order valence-electron chi connectivity index (χ2n) is 3.31. The molecule has 0 aromatic heterocycles. The van der Waals surface area contributed by atoms with E-state index >= 15 is 0 Å². The van der Waals surface area contributed by atoms with Gasteiger partial charge in [0.05, 0.1) is 0 Å². The Morgan fingerprint density at radius 1 is 1.23 bits per heavy atom. The van der Waals surface area contributed by atoms with Crippen LogP contribution in [0.5, 0.6) is 0 Å². The van der Waals surface area contributed by atoms with Crippen molar-refractivity contribution in [2.24, 2.45) is 0 Å². The fourth-order valence-electron chi connectivity index (χ4n) is 1.68. The Labute approximate surface area is 80.7 Å². The quantitative estimate of drug-likeness (QED) is 0.650. The first-order valence-electron chi connectivity index (χ1n) is 4.16. The molecule has 0 fully saturated rings. The Kier molecular flexibility index (Phi) is 3.00. The van der Waals surface area contributed by atoms with Crippen molar-refractivity contribution < 1.29 is 4.57 Å². The molecule has 1 rings (SSSR count). The summed E-state index contributed by atoms with van der Waals surface area (Å²) in [7, 11) is 0.0109. The van der Waals surface area contributed by atoms with Crippen molar-refractivity contribution in [3.63, 3.8) is 0 Å². The zero-order valence-electron chi connectivity index (χ0n) is 8.22. The molecule has 1 aromatic carbocycles. The molecule has 0 atom stereocenters. The highest BCUT2D eigenvalue weighted by Gasteiger charge is 2.06. The lowest BCUT2D eigenvalue weighted by atomic mass is 10.00. The zero-order valence-corrected chi connectivity index (χ0v) is 9.11. The van der Waals surface area contributed by atoms with Crippen LogP contribution >= 0.6 is 8.46 Å². The van der Waals surface area contributed by atoms with Crippen LogP contribution in [0.3, 0.4) is 0 Å². The van der Waals surface area contributed by atoms with Crippen LogP contribution in [0.2, 0.25) is 0 Å². The van der Waals surface area contributed by atoms with Gasteiger partial charge in [0.2, 0.25) is 0 Å². The zero-order chi connectivity index (χ0) is 10.0. The molecule has 0 N–H and O–H groups in total. The van der Waals surface area contributed by atoms with Gasteiger partial charge in [0, 0.05) is 5.31 Å². The van der Waals surface area contributed by atoms with Crippen molar-refractivity contribution in [3.05, 3.63) is 41.0 Å². The lowest BCUT2D eigenvalue weighted by molar-refractivity contribution is 0.603. The number of benzene rings is 1. The maximum absolute atomic E-state index is 10.7. The van der Waals surface area contributed by atoms with Gasteiger partial charge in [-0.15, -0.1) is 0 Å². The molecule has 0 radical (unpaired) electrons. The number of rotatable bonds is 2. The van der Waals surface area contributed by atoms with E-state index in [2.05, 4.69) is 25.6 Å². The smallest absolute Gasteiger partial charge is 0.192 e. The number of hydrogen-bond donors (Lipinski definition) is 0. The summed E-state index contributed by atoms with van der Waals surface area (Å²) in [5.74, 6) is 0. The summed E-state index contributed by atoms with van der Waals surface area (Å²) >= 11 is 0. The van der Waals surface area contributed by atoms with E-state index in [0.29, 0.717) is 5.31 Å². The van der Waals surface area contributed by atoms with E-state index in [9.17, 15) is 4.57 Å². The van der Waals surface area contributed by atoms with E-state index in [1.165, 1.54) is 5.56 Å². The molecule has 0 amide bonds. The van der Waals surface area contributed by atoms with Gasteiger partial charge in [0.15, 0.2) is 8.46 Å². The number of aryl methyl sites for hydroxylation is 3. The van der Waals surface area contributed by atoms with Gasteiger partial charge in [0.1, 0.15) is 0 Å². The molecule has 1 nitrogen and oxygen atoms in total. The minimum absolute atomic E-state index is 0.0109. The van der Waals surface area contributed by atoms with Gasteiger partial charge in [-0.25, -0.2) is 0 Å². The molecule has 0 bridgehead atoms. The van der Waals surface area contributed by atoms with Crippen LogP contribution in [0.1, 0.15) is 22.3 Å². The second kappa shape index (κ2) is 3.85. The molecule has 0 saturated heterocycles. The third-order valence-corrected chi connectivity index (χ3v) is 2.52. The van der Waals surface area contributed by atoms with Gasteiger partial charge in [-0.05, 0) is 37.5 Å². The van der Waals surface area contributed by atoms with Crippen LogP contribution in [0.15, 0.2) is 18.7 Å².